The van der Waals surface area contributed by atoms with E-state index in [0.717, 1.165) is 16.8 Å². The van der Waals surface area contributed by atoms with Gasteiger partial charge in [0.1, 0.15) is 0 Å². The Kier molecular flexibility index (Phi) is 4.68. The Morgan fingerprint density at radius 2 is 1.80 bits per heavy atom. The fourth-order valence-electron chi connectivity index (χ4n) is 2.02. The highest BCUT2D eigenvalue weighted by atomic mass is 16.1. The SMILES string of the molecule is NC(=O)CN(Cc1ccc(N)cc1)Cc1cccnc1. The lowest BCUT2D eigenvalue weighted by atomic mass is 10.2. The first kappa shape index (κ1) is 14.0. The van der Waals surface area contributed by atoms with Gasteiger partial charge < -0.3 is 11.5 Å². The van der Waals surface area contributed by atoms with Gasteiger partial charge in [-0.2, -0.15) is 0 Å². The van der Waals surface area contributed by atoms with Gasteiger partial charge in [0.25, 0.3) is 0 Å². The number of hydrogen-bond donors (Lipinski definition) is 2. The zero-order valence-electron chi connectivity index (χ0n) is 11.2. The van der Waals surface area contributed by atoms with E-state index in [0.29, 0.717) is 13.1 Å². The van der Waals surface area contributed by atoms with Crippen molar-refractivity contribution in [2.45, 2.75) is 13.1 Å². The van der Waals surface area contributed by atoms with Crippen LogP contribution in [0.5, 0.6) is 0 Å². The van der Waals surface area contributed by atoms with Gasteiger partial charge in [-0.25, -0.2) is 0 Å². The summed E-state index contributed by atoms with van der Waals surface area (Å²) in [5.41, 5.74) is 13.8. The monoisotopic (exact) mass is 270 g/mol. The van der Waals surface area contributed by atoms with Gasteiger partial charge in [-0.1, -0.05) is 18.2 Å². The quantitative estimate of drug-likeness (QED) is 0.771. The smallest absolute Gasteiger partial charge is 0.231 e. The average molecular weight is 270 g/mol. The number of aromatic nitrogens is 1. The van der Waals surface area contributed by atoms with E-state index in [1.54, 1.807) is 12.4 Å². The maximum Gasteiger partial charge on any atom is 0.231 e. The lowest BCUT2D eigenvalue weighted by Crippen LogP contribution is -2.33. The molecule has 1 aromatic carbocycles. The summed E-state index contributed by atoms with van der Waals surface area (Å²) in [6, 6.07) is 11.5. The lowest BCUT2D eigenvalue weighted by molar-refractivity contribution is -0.119. The number of rotatable bonds is 6. The molecule has 0 saturated carbocycles. The second kappa shape index (κ2) is 6.68. The highest BCUT2D eigenvalue weighted by Gasteiger charge is 2.10. The Hall–Kier alpha value is -2.40. The fourth-order valence-corrected chi connectivity index (χ4v) is 2.02. The van der Waals surface area contributed by atoms with Crippen LogP contribution in [0.3, 0.4) is 0 Å². The molecule has 2 rings (SSSR count). The summed E-state index contributed by atoms with van der Waals surface area (Å²) in [5.74, 6) is -0.343. The first-order valence-electron chi connectivity index (χ1n) is 6.37. The van der Waals surface area contributed by atoms with Crippen LogP contribution in [0.4, 0.5) is 5.69 Å². The maximum absolute atomic E-state index is 11.2. The Balaban J connectivity index is 2.07. The molecule has 0 bridgehead atoms. The fraction of sp³-hybridized carbons (Fsp3) is 0.200. The number of carbonyl (C=O) groups is 1. The van der Waals surface area contributed by atoms with Crippen molar-refractivity contribution >= 4 is 11.6 Å². The number of primary amides is 1. The maximum atomic E-state index is 11.2. The van der Waals surface area contributed by atoms with Crippen LogP contribution >= 0.6 is 0 Å². The van der Waals surface area contributed by atoms with Gasteiger partial charge in [0.15, 0.2) is 0 Å². The van der Waals surface area contributed by atoms with Gasteiger partial charge >= 0.3 is 0 Å². The minimum absolute atomic E-state index is 0.208. The Morgan fingerprint density at radius 3 is 2.40 bits per heavy atom. The van der Waals surface area contributed by atoms with Crippen LogP contribution in [0.1, 0.15) is 11.1 Å². The molecule has 104 valence electrons. The zero-order chi connectivity index (χ0) is 14.4. The molecule has 1 heterocycles. The van der Waals surface area contributed by atoms with Crippen molar-refractivity contribution in [1.82, 2.24) is 9.88 Å². The largest absolute Gasteiger partial charge is 0.399 e. The zero-order valence-corrected chi connectivity index (χ0v) is 11.2. The minimum atomic E-state index is -0.343. The van der Waals surface area contributed by atoms with Crippen molar-refractivity contribution in [1.29, 1.82) is 0 Å². The number of nitrogen functional groups attached to an aromatic ring is 1. The second-order valence-corrected chi connectivity index (χ2v) is 4.71. The highest BCUT2D eigenvalue weighted by molar-refractivity contribution is 5.75. The van der Waals surface area contributed by atoms with Crippen molar-refractivity contribution in [3.63, 3.8) is 0 Å². The Morgan fingerprint density at radius 1 is 1.10 bits per heavy atom. The molecule has 5 nitrogen and oxygen atoms in total. The van der Waals surface area contributed by atoms with E-state index in [-0.39, 0.29) is 12.5 Å². The summed E-state index contributed by atoms with van der Waals surface area (Å²) in [7, 11) is 0. The van der Waals surface area contributed by atoms with Crippen LogP contribution in [0.15, 0.2) is 48.8 Å². The van der Waals surface area contributed by atoms with Crippen LogP contribution in [0.2, 0.25) is 0 Å². The van der Waals surface area contributed by atoms with Gasteiger partial charge in [-0.15, -0.1) is 0 Å². The van der Waals surface area contributed by atoms with Crippen LogP contribution in [-0.2, 0) is 17.9 Å². The van der Waals surface area contributed by atoms with Crippen molar-refractivity contribution in [3.05, 3.63) is 59.9 Å². The van der Waals surface area contributed by atoms with Gasteiger partial charge in [0.2, 0.25) is 5.91 Å². The van der Waals surface area contributed by atoms with E-state index in [2.05, 4.69) is 4.98 Å². The van der Waals surface area contributed by atoms with Gasteiger partial charge in [0, 0.05) is 31.2 Å². The molecule has 0 fully saturated rings. The van der Waals surface area contributed by atoms with E-state index in [1.165, 1.54) is 0 Å². The number of carbonyl (C=O) groups excluding carboxylic acids is 1. The standard InChI is InChI=1S/C15H18N4O/c16-14-5-3-12(4-6-14)9-19(11-15(17)20)10-13-2-1-7-18-8-13/h1-8H,9-11,16H2,(H2,17,20). The predicted molar refractivity (Wildman–Crippen MR) is 78.4 cm³/mol. The van der Waals surface area contributed by atoms with Crippen molar-refractivity contribution in [2.75, 3.05) is 12.3 Å². The second-order valence-electron chi connectivity index (χ2n) is 4.71. The summed E-state index contributed by atoms with van der Waals surface area (Å²) in [5, 5.41) is 0. The Labute approximate surface area is 118 Å². The molecule has 20 heavy (non-hydrogen) atoms. The number of benzene rings is 1. The highest BCUT2D eigenvalue weighted by Crippen LogP contribution is 2.11. The number of amides is 1. The van der Waals surface area contributed by atoms with E-state index in [1.807, 2.05) is 41.3 Å². The molecule has 0 radical (unpaired) electrons. The summed E-state index contributed by atoms with van der Waals surface area (Å²) >= 11 is 0. The third kappa shape index (κ3) is 4.37. The van der Waals surface area contributed by atoms with Crippen molar-refractivity contribution in [2.24, 2.45) is 5.73 Å². The van der Waals surface area contributed by atoms with Crippen LogP contribution in [0, 0.1) is 0 Å². The summed E-state index contributed by atoms with van der Waals surface area (Å²) in [4.78, 5) is 17.2. The van der Waals surface area contributed by atoms with E-state index in [9.17, 15) is 4.79 Å². The van der Waals surface area contributed by atoms with Crippen LogP contribution < -0.4 is 11.5 Å². The predicted octanol–water partition coefficient (Wildman–Crippen LogP) is 1.15. The van der Waals surface area contributed by atoms with Gasteiger partial charge in [0.05, 0.1) is 6.54 Å². The molecule has 1 amide bonds. The number of anilines is 1. The molecule has 0 aliphatic rings. The molecule has 0 spiro atoms. The van der Waals surface area contributed by atoms with Crippen LogP contribution in [-0.4, -0.2) is 22.3 Å². The Bertz CT molecular complexity index is 554. The number of nitrogens with two attached hydrogens (primary N) is 2. The number of nitrogens with zero attached hydrogens (tertiary/aromatic N) is 2. The van der Waals surface area contributed by atoms with Crippen LogP contribution in [0.25, 0.3) is 0 Å². The normalized spacial score (nSPS) is 10.7. The number of hydrogen-bond acceptors (Lipinski definition) is 4. The summed E-state index contributed by atoms with van der Waals surface area (Å²) < 4.78 is 0. The first-order chi connectivity index (χ1) is 9.63. The third-order valence-electron chi connectivity index (χ3n) is 2.89. The molecule has 2 aromatic rings. The van der Waals surface area contributed by atoms with E-state index in [4.69, 9.17) is 11.5 Å². The summed E-state index contributed by atoms with van der Waals surface area (Å²) in [6.45, 7) is 1.47. The van der Waals surface area contributed by atoms with E-state index < -0.39 is 0 Å². The van der Waals surface area contributed by atoms with Crippen molar-refractivity contribution < 1.29 is 4.79 Å². The van der Waals surface area contributed by atoms with Gasteiger partial charge in [-0.3, -0.25) is 14.7 Å². The minimum Gasteiger partial charge on any atom is -0.399 e. The third-order valence-corrected chi connectivity index (χ3v) is 2.89. The average Bonchev–Trinajstić information content (AvgIpc) is 2.42. The molecule has 1 aromatic heterocycles. The van der Waals surface area contributed by atoms with Crippen molar-refractivity contribution in [3.8, 4) is 0 Å². The molecule has 0 aliphatic carbocycles. The summed E-state index contributed by atoms with van der Waals surface area (Å²) in [6.07, 6.45) is 3.51. The lowest BCUT2D eigenvalue weighted by Gasteiger charge is -2.20. The topological polar surface area (TPSA) is 85.2 Å². The molecule has 0 saturated heterocycles. The van der Waals surface area contributed by atoms with Gasteiger partial charge in [-0.05, 0) is 29.3 Å². The molecular weight excluding hydrogens is 252 g/mol. The molecular formula is C15H18N4O. The molecule has 4 N–H and O–H groups in total. The molecule has 5 heteroatoms. The number of pyridine rings is 1. The molecule has 0 atom stereocenters. The van der Waals surface area contributed by atoms with E-state index >= 15 is 0 Å². The molecule has 0 aliphatic heterocycles. The molecule has 0 unspecified atom stereocenters. The first-order valence-corrected chi connectivity index (χ1v) is 6.37.